The zero-order valence-electron chi connectivity index (χ0n) is 20.6. The molecule has 3 heterocycles. The second-order valence-corrected chi connectivity index (χ2v) is 9.78. The van der Waals surface area contributed by atoms with Crippen molar-refractivity contribution in [3.05, 3.63) is 60.0 Å². The van der Waals surface area contributed by atoms with Crippen LogP contribution in [0.4, 0.5) is 0 Å². The van der Waals surface area contributed by atoms with Gasteiger partial charge in [0.15, 0.2) is 0 Å². The highest BCUT2D eigenvalue weighted by Gasteiger charge is 2.42. The Morgan fingerprint density at radius 3 is 2.89 bits per heavy atom. The first-order chi connectivity index (χ1) is 18.0. The molecule has 1 aliphatic heterocycles. The number of methoxy groups -OCH3 is 1. The second-order valence-electron chi connectivity index (χ2n) is 9.78. The molecule has 5 rings (SSSR count). The third-order valence-electron chi connectivity index (χ3n) is 7.52. The largest absolute Gasteiger partial charge is 0.496 e. The lowest BCUT2D eigenvalue weighted by Crippen LogP contribution is -2.49. The van der Waals surface area contributed by atoms with Crippen LogP contribution >= 0.6 is 0 Å². The van der Waals surface area contributed by atoms with Gasteiger partial charge in [0.2, 0.25) is 5.91 Å². The van der Waals surface area contributed by atoms with E-state index in [4.69, 9.17) is 4.74 Å². The first kappa shape index (κ1) is 24.5. The Labute approximate surface area is 214 Å². The summed E-state index contributed by atoms with van der Waals surface area (Å²) in [6.45, 7) is 0.341. The summed E-state index contributed by atoms with van der Waals surface area (Å²) in [4.78, 5) is 48.2. The van der Waals surface area contributed by atoms with Crippen molar-refractivity contribution in [3.63, 3.8) is 0 Å². The highest BCUT2D eigenvalue weighted by atomic mass is 16.5. The number of H-pyrrole nitrogens is 1. The Morgan fingerprint density at radius 2 is 2.19 bits per heavy atom. The molecule has 0 bridgehead atoms. The van der Waals surface area contributed by atoms with Crippen LogP contribution in [-0.4, -0.2) is 58.2 Å². The number of ketones is 1. The Morgan fingerprint density at radius 1 is 1.32 bits per heavy atom. The Hall–Kier alpha value is -4.19. The van der Waals surface area contributed by atoms with Gasteiger partial charge < -0.3 is 19.9 Å². The summed E-state index contributed by atoms with van der Waals surface area (Å²) in [7, 11) is 1.58. The van der Waals surface area contributed by atoms with E-state index in [1.165, 1.54) is 0 Å². The summed E-state index contributed by atoms with van der Waals surface area (Å²) in [5, 5.41) is 13.3. The van der Waals surface area contributed by atoms with Gasteiger partial charge in [0.05, 0.1) is 13.2 Å². The highest BCUT2D eigenvalue weighted by molar-refractivity contribution is 6.02. The van der Waals surface area contributed by atoms with Crippen molar-refractivity contribution >= 4 is 28.5 Å². The molecule has 9 nitrogen and oxygen atoms in total. The molecule has 2 amide bonds. The van der Waals surface area contributed by atoms with Gasteiger partial charge in [-0.3, -0.25) is 19.4 Å². The average molecular weight is 500 g/mol. The van der Waals surface area contributed by atoms with Crippen molar-refractivity contribution in [2.24, 2.45) is 5.92 Å². The summed E-state index contributed by atoms with van der Waals surface area (Å²) in [6, 6.07) is 11.6. The second kappa shape index (κ2) is 10.4. The molecule has 1 aliphatic carbocycles. The summed E-state index contributed by atoms with van der Waals surface area (Å²) in [6.07, 6.45) is 6.25. The number of likely N-dealkylation sites (tertiary alicyclic amines) is 1. The lowest BCUT2D eigenvalue weighted by Gasteiger charge is -2.25. The number of fused-ring (bicyclic) bond motifs is 1. The normalized spacial score (nSPS) is 22.1. The van der Waals surface area contributed by atoms with Gasteiger partial charge in [-0.2, -0.15) is 5.26 Å². The fraction of sp³-hybridized carbons (Fsp3) is 0.393. The van der Waals surface area contributed by atoms with Crippen molar-refractivity contribution in [3.8, 4) is 11.8 Å². The predicted octanol–water partition coefficient (Wildman–Crippen LogP) is 3.34. The maximum absolute atomic E-state index is 13.7. The minimum absolute atomic E-state index is 0.0794. The number of aromatic nitrogens is 2. The quantitative estimate of drug-likeness (QED) is 0.513. The third-order valence-corrected chi connectivity index (χ3v) is 7.52. The minimum atomic E-state index is -0.786. The van der Waals surface area contributed by atoms with Crippen LogP contribution in [-0.2, 0) is 9.59 Å². The Kier molecular flexibility index (Phi) is 6.91. The van der Waals surface area contributed by atoms with Gasteiger partial charge in [-0.05, 0) is 55.5 Å². The number of carbonyl (C=O) groups is 3. The van der Waals surface area contributed by atoms with Gasteiger partial charge in [0, 0.05) is 48.1 Å². The lowest BCUT2D eigenvalue weighted by atomic mass is 9.96. The van der Waals surface area contributed by atoms with Gasteiger partial charge in [-0.25, -0.2) is 0 Å². The molecule has 3 aromatic rings. The van der Waals surface area contributed by atoms with Gasteiger partial charge in [-0.1, -0.05) is 12.1 Å². The summed E-state index contributed by atoms with van der Waals surface area (Å²) >= 11 is 0. The minimum Gasteiger partial charge on any atom is -0.496 e. The number of ether oxygens (including phenoxy) is 1. The first-order valence-electron chi connectivity index (χ1n) is 12.6. The Balaban J connectivity index is 1.40. The van der Waals surface area contributed by atoms with Crippen LogP contribution in [0.1, 0.15) is 54.1 Å². The van der Waals surface area contributed by atoms with E-state index in [0.29, 0.717) is 37.3 Å². The number of benzene rings is 1. The molecular weight excluding hydrogens is 470 g/mol. The van der Waals surface area contributed by atoms with E-state index in [-0.39, 0.29) is 29.4 Å². The van der Waals surface area contributed by atoms with Crippen LogP contribution in [0.3, 0.4) is 0 Å². The molecule has 4 atom stereocenters. The zero-order valence-corrected chi connectivity index (χ0v) is 20.6. The predicted molar refractivity (Wildman–Crippen MR) is 136 cm³/mol. The van der Waals surface area contributed by atoms with Crippen molar-refractivity contribution in [2.75, 3.05) is 13.7 Å². The van der Waals surface area contributed by atoms with Crippen LogP contribution in [0.25, 0.3) is 10.9 Å². The third kappa shape index (κ3) is 4.92. The van der Waals surface area contributed by atoms with Crippen LogP contribution in [0.2, 0.25) is 0 Å². The fourth-order valence-corrected chi connectivity index (χ4v) is 5.58. The summed E-state index contributed by atoms with van der Waals surface area (Å²) < 4.78 is 5.43. The van der Waals surface area contributed by atoms with Crippen LogP contribution in [0.15, 0.2) is 48.8 Å². The van der Waals surface area contributed by atoms with E-state index in [0.717, 1.165) is 29.3 Å². The number of amides is 2. The van der Waals surface area contributed by atoms with E-state index in [1.54, 1.807) is 30.5 Å². The van der Waals surface area contributed by atoms with E-state index in [2.05, 4.69) is 21.4 Å². The Bertz CT molecular complexity index is 1360. The fourth-order valence-electron chi connectivity index (χ4n) is 5.58. The summed E-state index contributed by atoms with van der Waals surface area (Å²) in [5.41, 5.74) is 2.07. The molecule has 0 unspecified atom stereocenters. The number of nitrogens with zero attached hydrogens (tertiary/aromatic N) is 3. The average Bonchev–Trinajstić information content (AvgIpc) is 3.66. The molecule has 1 aromatic carbocycles. The number of nitriles is 1. The molecule has 0 radical (unpaired) electrons. The van der Waals surface area contributed by atoms with Gasteiger partial charge in [0.25, 0.3) is 5.91 Å². The van der Waals surface area contributed by atoms with Gasteiger partial charge in [-0.15, -0.1) is 0 Å². The van der Waals surface area contributed by atoms with Crippen LogP contribution in [0, 0.1) is 17.2 Å². The molecule has 2 N–H and O–H groups in total. The summed E-state index contributed by atoms with van der Waals surface area (Å²) in [5.74, 6) is -0.164. The molecule has 1 saturated carbocycles. The van der Waals surface area contributed by atoms with Crippen LogP contribution < -0.4 is 10.1 Å². The maximum Gasteiger partial charge on any atom is 0.271 e. The standard InChI is InChI=1S/C28H29N5O4/c1-37-26-9-3-7-22-21(26)13-23(32-22)28(36)33-16-19(18-6-4-10-30-15-18)12-24(33)27(35)31-20(14-29)11-17-5-2-8-25(17)34/h3-4,6-7,9-10,13,15,17,19-20,24,32H,2,5,8,11-12,16H2,1H3,(H,31,35)/t17-,19-,20-,24-/m0/s1. The number of nitrogens with one attached hydrogen (secondary N) is 2. The van der Waals surface area contributed by atoms with Crippen molar-refractivity contribution in [2.45, 2.75) is 50.1 Å². The van der Waals surface area contributed by atoms with Crippen molar-refractivity contribution < 1.29 is 19.1 Å². The first-order valence-corrected chi connectivity index (χ1v) is 12.6. The molecule has 2 aromatic heterocycles. The molecule has 2 aliphatic rings. The van der Waals surface area contributed by atoms with Crippen molar-refractivity contribution in [1.82, 2.24) is 20.2 Å². The highest BCUT2D eigenvalue weighted by Crippen LogP contribution is 2.34. The van der Waals surface area contributed by atoms with E-state index < -0.39 is 12.1 Å². The molecule has 0 spiro atoms. The van der Waals surface area contributed by atoms with Gasteiger partial charge in [0.1, 0.15) is 29.3 Å². The molecule has 190 valence electrons. The van der Waals surface area contributed by atoms with Crippen molar-refractivity contribution in [1.29, 1.82) is 5.26 Å². The van der Waals surface area contributed by atoms with E-state index in [9.17, 15) is 19.6 Å². The lowest BCUT2D eigenvalue weighted by molar-refractivity contribution is -0.126. The van der Waals surface area contributed by atoms with E-state index >= 15 is 0 Å². The number of hydrogen-bond donors (Lipinski definition) is 2. The number of aromatic amines is 1. The van der Waals surface area contributed by atoms with Gasteiger partial charge >= 0.3 is 0 Å². The van der Waals surface area contributed by atoms with E-state index in [1.807, 2.05) is 30.3 Å². The molecule has 2 fully saturated rings. The molecule has 1 saturated heterocycles. The smallest absolute Gasteiger partial charge is 0.271 e. The molecule has 37 heavy (non-hydrogen) atoms. The number of Topliss-reactive ketones (excluding diaryl/α,β-unsaturated/α-hetero) is 1. The number of carbonyl (C=O) groups excluding carboxylic acids is 3. The number of hydrogen-bond acceptors (Lipinski definition) is 6. The molecular formula is C28H29N5O4. The number of pyridine rings is 1. The topological polar surface area (TPSA) is 128 Å². The SMILES string of the molecule is COc1cccc2[nH]c(C(=O)N3C[C@@H](c4cccnc4)C[C@H]3C(=O)N[C@H](C#N)C[C@@H]3CCCC3=O)cc12. The molecule has 9 heteroatoms. The van der Waals surface area contributed by atoms with Crippen LogP contribution in [0.5, 0.6) is 5.75 Å². The maximum atomic E-state index is 13.7. The number of rotatable bonds is 7. The monoisotopic (exact) mass is 499 g/mol. The zero-order chi connectivity index (χ0) is 25.9.